The third-order valence-corrected chi connectivity index (χ3v) is 4.55. The molecule has 6 nitrogen and oxygen atoms in total. The molecule has 0 atom stereocenters. The fourth-order valence-electron chi connectivity index (χ4n) is 1.84. The predicted molar refractivity (Wildman–Crippen MR) is 76.1 cm³/mol. The van der Waals surface area contributed by atoms with Gasteiger partial charge in [-0.05, 0) is 30.5 Å². The van der Waals surface area contributed by atoms with Crippen LogP contribution < -0.4 is 10.5 Å². The van der Waals surface area contributed by atoms with E-state index in [1.165, 1.54) is 29.8 Å². The van der Waals surface area contributed by atoms with E-state index in [-0.39, 0.29) is 4.90 Å². The molecule has 7 heteroatoms. The zero-order valence-corrected chi connectivity index (χ0v) is 12.5. The minimum Gasteiger partial charge on any atom is -0.408 e. The molecule has 1 heterocycles. The van der Waals surface area contributed by atoms with Gasteiger partial charge in [0, 0.05) is 13.6 Å². The van der Waals surface area contributed by atoms with Crippen LogP contribution in [0.5, 0.6) is 0 Å². The number of aryl methyl sites for hydroxylation is 1. The summed E-state index contributed by atoms with van der Waals surface area (Å²) in [5.41, 5.74) is 0.834. The summed E-state index contributed by atoms with van der Waals surface area (Å²) in [7, 11) is -2.02. The number of nitrogens with zero attached hydrogens (tertiary/aromatic N) is 1. The van der Waals surface area contributed by atoms with E-state index >= 15 is 0 Å². The van der Waals surface area contributed by atoms with E-state index in [2.05, 4.69) is 4.72 Å². The van der Waals surface area contributed by atoms with E-state index in [1.807, 2.05) is 13.8 Å². The van der Waals surface area contributed by atoms with Gasteiger partial charge in [0.2, 0.25) is 10.0 Å². The summed E-state index contributed by atoms with van der Waals surface area (Å²) >= 11 is 0. The first kappa shape index (κ1) is 14.8. The number of hydrogen-bond acceptors (Lipinski definition) is 4. The van der Waals surface area contributed by atoms with Crippen LogP contribution in [-0.2, 0) is 17.1 Å². The molecular weight excluding hydrogens is 280 g/mol. The maximum absolute atomic E-state index is 12.1. The number of fused-ring (bicyclic) bond motifs is 1. The van der Waals surface area contributed by atoms with Crippen molar-refractivity contribution in [3.63, 3.8) is 0 Å². The molecule has 0 spiro atoms. The Hall–Kier alpha value is -1.60. The Morgan fingerprint density at radius 3 is 2.70 bits per heavy atom. The number of sulfonamides is 1. The number of nitrogens with one attached hydrogen (secondary N) is 1. The molecule has 0 aliphatic heterocycles. The van der Waals surface area contributed by atoms with Crippen molar-refractivity contribution in [3.05, 3.63) is 28.7 Å². The molecule has 0 saturated heterocycles. The molecule has 20 heavy (non-hydrogen) atoms. The average molecular weight is 298 g/mol. The van der Waals surface area contributed by atoms with Gasteiger partial charge in [-0.25, -0.2) is 17.9 Å². The zero-order valence-electron chi connectivity index (χ0n) is 11.7. The van der Waals surface area contributed by atoms with Gasteiger partial charge in [-0.15, -0.1) is 0 Å². The Balaban J connectivity index is 2.32. The van der Waals surface area contributed by atoms with Crippen LogP contribution in [0.25, 0.3) is 11.1 Å². The molecule has 0 aliphatic carbocycles. The highest BCUT2D eigenvalue weighted by Crippen LogP contribution is 2.17. The lowest BCUT2D eigenvalue weighted by molar-refractivity contribution is 0.528. The molecule has 1 aromatic heterocycles. The van der Waals surface area contributed by atoms with Gasteiger partial charge < -0.3 is 4.42 Å². The Bertz CT molecular complexity index is 771. The summed E-state index contributed by atoms with van der Waals surface area (Å²) in [4.78, 5) is 11.5. The smallest absolute Gasteiger partial charge is 0.408 e. The van der Waals surface area contributed by atoms with Gasteiger partial charge in [-0.1, -0.05) is 13.8 Å². The van der Waals surface area contributed by atoms with Gasteiger partial charge in [0.25, 0.3) is 0 Å². The molecular formula is C13H18N2O4S. The van der Waals surface area contributed by atoms with Crippen LogP contribution >= 0.6 is 0 Å². The molecule has 0 radical (unpaired) electrons. The SMILES string of the molecule is CC(C)CCNS(=O)(=O)c1ccc2oc(=O)n(C)c2c1. The summed E-state index contributed by atoms with van der Waals surface area (Å²) in [5, 5.41) is 0. The summed E-state index contributed by atoms with van der Waals surface area (Å²) in [6.07, 6.45) is 0.770. The standard InChI is InChI=1S/C13H18N2O4S/c1-9(2)6-7-14-20(17,18)10-4-5-12-11(8-10)15(3)13(16)19-12/h4-5,8-9,14H,6-7H2,1-3H3. The van der Waals surface area contributed by atoms with E-state index in [0.29, 0.717) is 23.6 Å². The first-order valence-electron chi connectivity index (χ1n) is 6.40. The first-order valence-corrected chi connectivity index (χ1v) is 7.89. The highest BCUT2D eigenvalue weighted by atomic mass is 32.2. The van der Waals surface area contributed by atoms with Gasteiger partial charge in [0.05, 0.1) is 10.4 Å². The van der Waals surface area contributed by atoms with Crippen molar-refractivity contribution in [1.29, 1.82) is 0 Å². The molecule has 0 saturated carbocycles. The second kappa shape index (κ2) is 5.41. The molecule has 110 valence electrons. The lowest BCUT2D eigenvalue weighted by Crippen LogP contribution is -2.25. The maximum Gasteiger partial charge on any atom is 0.419 e. The van der Waals surface area contributed by atoms with Crippen molar-refractivity contribution in [2.45, 2.75) is 25.2 Å². The minimum atomic E-state index is -3.56. The minimum absolute atomic E-state index is 0.130. The number of rotatable bonds is 5. The Labute approximate surface area is 117 Å². The molecule has 1 aromatic carbocycles. The fraction of sp³-hybridized carbons (Fsp3) is 0.462. The van der Waals surface area contributed by atoms with Crippen LogP contribution in [-0.4, -0.2) is 19.5 Å². The van der Waals surface area contributed by atoms with Gasteiger partial charge >= 0.3 is 5.76 Å². The van der Waals surface area contributed by atoms with E-state index in [1.54, 1.807) is 0 Å². The first-order chi connectivity index (χ1) is 9.31. The summed E-state index contributed by atoms with van der Waals surface area (Å²) in [5.74, 6) is -0.0859. The highest BCUT2D eigenvalue weighted by molar-refractivity contribution is 7.89. The second-order valence-corrected chi connectivity index (χ2v) is 6.90. The summed E-state index contributed by atoms with van der Waals surface area (Å²) in [6.45, 7) is 4.45. The quantitative estimate of drug-likeness (QED) is 0.906. The maximum atomic E-state index is 12.1. The van der Waals surface area contributed by atoms with E-state index in [0.717, 1.165) is 6.42 Å². The van der Waals surface area contributed by atoms with Gasteiger partial charge in [0.1, 0.15) is 0 Å². The van der Waals surface area contributed by atoms with Gasteiger partial charge in [-0.3, -0.25) is 4.57 Å². The fourth-order valence-corrected chi connectivity index (χ4v) is 2.91. The van der Waals surface area contributed by atoms with E-state index in [4.69, 9.17) is 4.42 Å². The second-order valence-electron chi connectivity index (χ2n) is 5.14. The number of oxazole rings is 1. The molecule has 0 aliphatic rings. The van der Waals surface area contributed by atoms with Crippen LogP contribution in [0.3, 0.4) is 0 Å². The molecule has 2 rings (SSSR count). The van der Waals surface area contributed by atoms with Crippen molar-refractivity contribution in [3.8, 4) is 0 Å². The Kier molecular flexibility index (Phi) is 4.01. The van der Waals surface area contributed by atoms with E-state index < -0.39 is 15.8 Å². The third-order valence-electron chi connectivity index (χ3n) is 3.09. The zero-order chi connectivity index (χ0) is 14.9. The van der Waals surface area contributed by atoms with Crippen molar-refractivity contribution in [2.75, 3.05) is 6.54 Å². The van der Waals surface area contributed by atoms with Crippen molar-refractivity contribution in [2.24, 2.45) is 13.0 Å². The normalized spacial score (nSPS) is 12.4. The van der Waals surface area contributed by atoms with Crippen LogP contribution in [0.1, 0.15) is 20.3 Å². The molecule has 0 unspecified atom stereocenters. The van der Waals surface area contributed by atoms with Crippen molar-refractivity contribution >= 4 is 21.1 Å². The predicted octanol–water partition coefficient (Wildman–Crippen LogP) is 1.46. The van der Waals surface area contributed by atoms with Crippen LogP contribution in [0.15, 0.2) is 32.3 Å². The average Bonchev–Trinajstić information content (AvgIpc) is 2.64. The van der Waals surface area contributed by atoms with E-state index in [9.17, 15) is 13.2 Å². The van der Waals surface area contributed by atoms with Gasteiger partial charge in [-0.2, -0.15) is 0 Å². The van der Waals surface area contributed by atoms with Crippen molar-refractivity contribution in [1.82, 2.24) is 9.29 Å². The molecule has 2 aromatic rings. The third kappa shape index (κ3) is 2.94. The Morgan fingerprint density at radius 2 is 2.05 bits per heavy atom. The monoisotopic (exact) mass is 298 g/mol. The van der Waals surface area contributed by atoms with Crippen molar-refractivity contribution < 1.29 is 12.8 Å². The van der Waals surface area contributed by atoms with Gasteiger partial charge in [0.15, 0.2) is 5.58 Å². The molecule has 0 bridgehead atoms. The van der Waals surface area contributed by atoms with Crippen LogP contribution in [0.4, 0.5) is 0 Å². The molecule has 0 fully saturated rings. The largest absolute Gasteiger partial charge is 0.419 e. The number of benzene rings is 1. The molecule has 0 amide bonds. The summed E-state index contributed by atoms with van der Waals surface area (Å²) in [6, 6.07) is 4.37. The molecule has 1 N–H and O–H groups in total. The Morgan fingerprint density at radius 1 is 1.35 bits per heavy atom. The lowest BCUT2D eigenvalue weighted by Gasteiger charge is -2.08. The number of hydrogen-bond donors (Lipinski definition) is 1. The topological polar surface area (TPSA) is 81.3 Å². The lowest BCUT2D eigenvalue weighted by atomic mass is 10.1. The van der Waals surface area contributed by atoms with Crippen LogP contribution in [0.2, 0.25) is 0 Å². The number of aromatic nitrogens is 1. The highest BCUT2D eigenvalue weighted by Gasteiger charge is 2.16. The summed E-state index contributed by atoms with van der Waals surface area (Å²) < 4.78 is 33.1. The van der Waals surface area contributed by atoms with Crippen LogP contribution in [0, 0.1) is 5.92 Å².